The second-order valence-corrected chi connectivity index (χ2v) is 8.64. The van der Waals surface area contributed by atoms with Gasteiger partial charge in [-0.25, -0.2) is 14.0 Å². The Kier molecular flexibility index (Phi) is 11.1. The van der Waals surface area contributed by atoms with Crippen molar-refractivity contribution in [1.82, 2.24) is 4.90 Å². The van der Waals surface area contributed by atoms with Crippen LogP contribution < -0.4 is 0 Å². The minimum Gasteiger partial charge on any atom is -0.478 e. The van der Waals surface area contributed by atoms with E-state index in [2.05, 4.69) is 58.7 Å². The predicted octanol–water partition coefficient (Wildman–Crippen LogP) is 6.50. The minimum atomic E-state index is -1.26. The highest BCUT2D eigenvalue weighted by Crippen LogP contribution is 2.29. The molecule has 35 heavy (non-hydrogen) atoms. The van der Waals surface area contributed by atoms with Crippen molar-refractivity contribution in [2.24, 2.45) is 0 Å². The summed E-state index contributed by atoms with van der Waals surface area (Å²) < 4.78 is 15.7. The Labute approximate surface area is 213 Å². The highest BCUT2D eigenvalue weighted by molar-refractivity contribution is 9.10. The molecule has 3 aromatic carbocycles. The van der Waals surface area contributed by atoms with Crippen LogP contribution >= 0.6 is 15.9 Å². The normalized spacial score (nSPS) is 11.5. The van der Waals surface area contributed by atoms with Crippen molar-refractivity contribution in [2.45, 2.75) is 12.7 Å². The molecule has 0 bridgehead atoms. The van der Waals surface area contributed by atoms with Gasteiger partial charge < -0.3 is 10.2 Å². The van der Waals surface area contributed by atoms with Crippen molar-refractivity contribution in [3.63, 3.8) is 0 Å². The first-order valence-corrected chi connectivity index (χ1v) is 11.5. The molecule has 3 aromatic rings. The van der Waals surface area contributed by atoms with E-state index in [0.29, 0.717) is 23.3 Å². The van der Waals surface area contributed by atoms with Crippen molar-refractivity contribution in [1.29, 1.82) is 0 Å². The zero-order valence-corrected chi connectivity index (χ0v) is 20.9. The molecule has 0 aliphatic carbocycles. The summed E-state index contributed by atoms with van der Waals surface area (Å²) >= 11 is 3.38. The molecule has 1 atom stereocenters. The Balaban J connectivity index is 0.000000466. The largest absolute Gasteiger partial charge is 0.478 e. The molecule has 0 radical (unpaired) electrons. The topological polar surface area (TPSA) is 77.8 Å². The lowest BCUT2D eigenvalue weighted by Crippen LogP contribution is -2.17. The van der Waals surface area contributed by atoms with Crippen LogP contribution in [-0.2, 0) is 16.1 Å². The zero-order chi connectivity index (χ0) is 25.8. The molecule has 0 aliphatic heterocycles. The van der Waals surface area contributed by atoms with E-state index in [1.54, 1.807) is 0 Å². The summed E-state index contributed by atoms with van der Waals surface area (Å²) in [6.07, 6.45) is 1.91. The van der Waals surface area contributed by atoms with E-state index >= 15 is 0 Å². The highest BCUT2D eigenvalue weighted by Gasteiger charge is 2.12. The number of nitrogens with zero attached hydrogens (tertiary/aromatic N) is 1. The second kappa shape index (κ2) is 14.0. The molecule has 0 saturated carbocycles. The van der Waals surface area contributed by atoms with Gasteiger partial charge in [0.1, 0.15) is 0 Å². The molecule has 5 nitrogen and oxygen atoms in total. The van der Waals surface area contributed by atoms with Crippen molar-refractivity contribution < 1.29 is 24.2 Å². The van der Waals surface area contributed by atoms with Gasteiger partial charge in [0, 0.05) is 29.7 Å². The molecule has 0 heterocycles. The van der Waals surface area contributed by atoms with Crippen LogP contribution in [0.25, 0.3) is 11.1 Å². The highest BCUT2D eigenvalue weighted by atomic mass is 79.9. The number of carboxylic acid groups (broad SMARTS) is 2. The molecule has 2 N–H and O–H groups in total. The van der Waals surface area contributed by atoms with E-state index in [1.807, 2.05) is 54.6 Å². The molecule has 0 spiro atoms. The van der Waals surface area contributed by atoms with Gasteiger partial charge in [0.05, 0.1) is 0 Å². The maximum atomic E-state index is 14.7. The van der Waals surface area contributed by atoms with Gasteiger partial charge in [-0.05, 0) is 47.0 Å². The van der Waals surface area contributed by atoms with Gasteiger partial charge >= 0.3 is 11.9 Å². The molecule has 0 aliphatic rings. The van der Waals surface area contributed by atoms with Gasteiger partial charge in [0.15, 0.2) is 6.17 Å². The number of carbonyl (C=O) groups is 2. The Morgan fingerprint density at radius 3 is 1.74 bits per heavy atom. The molecular formula is C28H27BrFNO4. The number of hydrogen-bond acceptors (Lipinski definition) is 3. The molecule has 1 unspecified atom stereocenters. The Bertz CT molecular complexity index is 1130. The lowest BCUT2D eigenvalue weighted by atomic mass is 9.98. The zero-order valence-electron chi connectivity index (χ0n) is 19.3. The molecule has 0 aromatic heterocycles. The molecule has 0 fully saturated rings. The van der Waals surface area contributed by atoms with Gasteiger partial charge in [-0.1, -0.05) is 82.7 Å². The van der Waals surface area contributed by atoms with E-state index in [1.165, 1.54) is 5.56 Å². The predicted molar refractivity (Wildman–Crippen MR) is 140 cm³/mol. The maximum Gasteiger partial charge on any atom is 0.328 e. The number of aliphatic carboxylic acids is 2. The summed E-state index contributed by atoms with van der Waals surface area (Å²) in [6.45, 7) is 5.53. The average molecular weight is 540 g/mol. The number of alkyl halides is 1. The molecule has 7 heteroatoms. The molecule has 3 rings (SSSR count). The van der Waals surface area contributed by atoms with Crippen LogP contribution in [0.5, 0.6) is 0 Å². The van der Waals surface area contributed by atoms with E-state index in [-0.39, 0.29) is 0 Å². The molecule has 0 amide bonds. The smallest absolute Gasteiger partial charge is 0.328 e. The van der Waals surface area contributed by atoms with Crippen LogP contribution in [-0.4, -0.2) is 40.6 Å². The van der Waals surface area contributed by atoms with Gasteiger partial charge in [0.2, 0.25) is 0 Å². The third-order valence-corrected chi connectivity index (χ3v) is 5.44. The van der Waals surface area contributed by atoms with Crippen LogP contribution in [0, 0.1) is 0 Å². The summed E-state index contributed by atoms with van der Waals surface area (Å²) in [4.78, 5) is 21.3. The fourth-order valence-electron chi connectivity index (χ4n) is 3.21. The number of carboxylic acids is 2. The van der Waals surface area contributed by atoms with Gasteiger partial charge in [-0.2, -0.15) is 0 Å². The van der Waals surface area contributed by atoms with Crippen LogP contribution in [0.2, 0.25) is 0 Å². The monoisotopic (exact) mass is 539 g/mol. The Morgan fingerprint density at radius 2 is 1.31 bits per heavy atom. The van der Waals surface area contributed by atoms with Crippen LogP contribution in [0.3, 0.4) is 0 Å². The number of halogens is 2. The molecule has 0 saturated heterocycles. The standard InChI is InChI=1S/C24H23BrFN.C4H4O4/c1-3-16-27(2)17-18-4-6-19(7-5-18)20-8-10-21(11-9-20)24(26)22-12-14-23(25)15-13-22;5-3(6)1-2-4(7)8/h3-15,24H,1,16-17H2,2H3;1-2H,(H,5,6)(H,7,8)/b;2-1+. The van der Waals surface area contributed by atoms with Crippen LogP contribution in [0.1, 0.15) is 22.9 Å². The fraction of sp³-hybridized carbons (Fsp3) is 0.143. The molecule has 182 valence electrons. The molecular weight excluding hydrogens is 513 g/mol. The third kappa shape index (κ3) is 9.68. The third-order valence-electron chi connectivity index (χ3n) is 4.92. The Hall–Kier alpha value is -3.55. The lowest BCUT2D eigenvalue weighted by Gasteiger charge is -2.14. The van der Waals surface area contributed by atoms with Crippen LogP contribution in [0.15, 0.2) is 102 Å². The van der Waals surface area contributed by atoms with Gasteiger partial charge in [-0.3, -0.25) is 4.90 Å². The van der Waals surface area contributed by atoms with Crippen molar-refractivity contribution in [3.8, 4) is 11.1 Å². The fourth-order valence-corrected chi connectivity index (χ4v) is 3.47. The van der Waals surface area contributed by atoms with Crippen molar-refractivity contribution in [2.75, 3.05) is 13.6 Å². The summed E-state index contributed by atoms with van der Waals surface area (Å²) in [6, 6.07) is 23.6. The Morgan fingerprint density at radius 1 is 0.886 bits per heavy atom. The average Bonchev–Trinajstić information content (AvgIpc) is 2.84. The van der Waals surface area contributed by atoms with Crippen LogP contribution in [0.4, 0.5) is 4.39 Å². The number of likely N-dealkylation sites (N-methyl/N-ethyl adjacent to an activating group) is 1. The number of rotatable bonds is 9. The second-order valence-electron chi connectivity index (χ2n) is 7.73. The van der Waals surface area contributed by atoms with E-state index in [9.17, 15) is 14.0 Å². The SMILES string of the molecule is C=CCN(C)Cc1ccc(-c2ccc(C(F)c3ccc(Br)cc3)cc2)cc1.O=C(O)/C=C/C(=O)O. The summed E-state index contributed by atoms with van der Waals surface area (Å²) in [5.74, 6) is -2.51. The minimum absolute atomic E-state index is 0.558. The lowest BCUT2D eigenvalue weighted by molar-refractivity contribution is -0.134. The van der Waals surface area contributed by atoms with E-state index in [0.717, 1.165) is 28.7 Å². The van der Waals surface area contributed by atoms with Gasteiger partial charge in [0.25, 0.3) is 0 Å². The number of hydrogen-bond donors (Lipinski definition) is 2. The number of benzene rings is 3. The first-order valence-electron chi connectivity index (χ1n) is 10.7. The van der Waals surface area contributed by atoms with Crippen molar-refractivity contribution in [3.05, 3.63) is 119 Å². The maximum absolute atomic E-state index is 14.7. The quantitative estimate of drug-likeness (QED) is 0.239. The first kappa shape index (κ1) is 27.7. The first-order chi connectivity index (χ1) is 16.7. The van der Waals surface area contributed by atoms with Gasteiger partial charge in [-0.15, -0.1) is 6.58 Å². The summed E-state index contributed by atoms with van der Waals surface area (Å²) in [5, 5.41) is 15.6. The summed E-state index contributed by atoms with van der Waals surface area (Å²) in [5.41, 5.74) is 4.82. The van der Waals surface area contributed by atoms with E-state index in [4.69, 9.17) is 10.2 Å². The summed E-state index contributed by atoms with van der Waals surface area (Å²) in [7, 11) is 2.08. The van der Waals surface area contributed by atoms with Crippen molar-refractivity contribution >= 4 is 27.9 Å². The van der Waals surface area contributed by atoms with E-state index < -0.39 is 18.1 Å².